The average molecular weight is 441 g/mol. The van der Waals surface area contributed by atoms with Gasteiger partial charge in [-0.05, 0) is 51.5 Å². The number of hydrogen-bond donors (Lipinski definition) is 0. The van der Waals surface area contributed by atoms with Crippen LogP contribution in [0.3, 0.4) is 0 Å². The van der Waals surface area contributed by atoms with Crippen LogP contribution < -0.4 is 4.90 Å². The molecule has 6 heteroatoms. The number of esters is 1. The Morgan fingerprint density at radius 2 is 1.76 bits per heavy atom. The lowest BCUT2D eigenvalue weighted by molar-refractivity contribution is 0.0241. The summed E-state index contributed by atoms with van der Waals surface area (Å²) in [5, 5.41) is 1.04. The highest BCUT2D eigenvalue weighted by Crippen LogP contribution is 2.50. The van der Waals surface area contributed by atoms with Gasteiger partial charge in [-0.25, -0.2) is 9.78 Å². The predicted octanol–water partition coefficient (Wildman–Crippen LogP) is 4.89. The van der Waals surface area contributed by atoms with Crippen molar-refractivity contribution in [3.8, 4) is 0 Å². The Hall–Kier alpha value is -3.67. The number of ether oxygens (including phenoxy) is 1. The van der Waals surface area contributed by atoms with Crippen molar-refractivity contribution in [2.24, 2.45) is 7.05 Å². The normalized spacial score (nSPS) is 17.3. The molecule has 1 atom stereocenters. The summed E-state index contributed by atoms with van der Waals surface area (Å²) in [6, 6.07) is 14.6. The van der Waals surface area contributed by atoms with E-state index in [0.717, 1.165) is 52.1 Å². The molecular formula is C27H28N4O2. The van der Waals surface area contributed by atoms with Gasteiger partial charge >= 0.3 is 5.97 Å². The molecule has 0 N–H and O–H groups in total. The molecule has 6 nitrogen and oxygen atoms in total. The number of carbonyl (C=O) groups excluding carboxylic acids is 1. The van der Waals surface area contributed by atoms with Crippen LogP contribution in [0.2, 0.25) is 0 Å². The van der Waals surface area contributed by atoms with Gasteiger partial charge in [-0.2, -0.15) is 0 Å². The Kier molecular flexibility index (Phi) is 4.96. The second kappa shape index (κ2) is 7.73. The van der Waals surface area contributed by atoms with E-state index in [-0.39, 0.29) is 5.69 Å². The fourth-order valence-corrected chi connectivity index (χ4v) is 5.26. The number of anilines is 1. The van der Waals surface area contributed by atoms with Gasteiger partial charge in [-0.1, -0.05) is 24.3 Å². The Bertz CT molecular complexity index is 1390. The minimum Gasteiger partial charge on any atom is -0.438 e. The lowest BCUT2D eigenvalue weighted by atomic mass is 9.79. The van der Waals surface area contributed by atoms with Crippen LogP contribution >= 0.6 is 0 Å². The minimum atomic E-state index is -1.17. The largest absolute Gasteiger partial charge is 0.438 e. The molecule has 5 rings (SSSR count). The van der Waals surface area contributed by atoms with Gasteiger partial charge in [0.15, 0.2) is 5.69 Å². The minimum absolute atomic E-state index is 0.275. The summed E-state index contributed by atoms with van der Waals surface area (Å²) < 4.78 is 8.48. The summed E-state index contributed by atoms with van der Waals surface area (Å²) in [5.41, 5.74) is 5.79. The van der Waals surface area contributed by atoms with E-state index in [4.69, 9.17) is 4.74 Å². The molecule has 33 heavy (non-hydrogen) atoms. The number of aryl methyl sites for hydroxylation is 2. The van der Waals surface area contributed by atoms with Gasteiger partial charge in [-0.3, -0.25) is 4.98 Å². The first kappa shape index (κ1) is 21.2. The van der Waals surface area contributed by atoms with Crippen LogP contribution in [0, 0.1) is 13.8 Å². The average Bonchev–Trinajstić information content (AvgIpc) is 3.26. The van der Waals surface area contributed by atoms with Gasteiger partial charge in [0.1, 0.15) is 5.69 Å². The number of carbonyl (C=O) groups is 1. The lowest BCUT2D eigenvalue weighted by Gasteiger charge is -2.32. The number of hydrogen-bond acceptors (Lipinski definition) is 5. The van der Waals surface area contributed by atoms with Crippen LogP contribution in [0.25, 0.3) is 10.9 Å². The summed E-state index contributed by atoms with van der Waals surface area (Å²) >= 11 is 0. The molecule has 0 spiro atoms. The maximum Gasteiger partial charge on any atom is 0.360 e. The van der Waals surface area contributed by atoms with Gasteiger partial charge in [0.25, 0.3) is 0 Å². The number of cyclic esters (lactones) is 1. The summed E-state index contributed by atoms with van der Waals surface area (Å²) in [7, 11) is 2.04. The maximum atomic E-state index is 13.1. The van der Waals surface area contributed by atoms with Crippen molar-refractivity contribution in [1.82, 2.24) is 14.5 Å². The zero-order chi connectivity index (χ0) is 23.3. The number of rotatable bonds is 5. The number of para-hydroxylation sites is 1. The monoisotopic (exact) mass is 440 g/mol. The van der Waals surface area contributed by atoms with Crippen LogP contribution in [0.1, 0.15) is 52.4 Å². The van der Waals surface area contributed by atoms with E-state index < -0.39 is 11.6 Å². The molecule has 0 saturated carbocycles. The van der Waals surface area contributed by atoms with Crippen molar-refractivity contribution < 1.29 is 9.53 Å². The topological polar surface area (TPSA) is 60.2 Å². The highest BCUT2D eigenvalue weighted by atomic mass is 16.6. The van der Waals surface area contributed by atoms with Gasteiger partial charge < -0.3 is 14.2 Å². The third-order valence-corrected chi connectivity index (χ3v) is 6.94. The van der Waals surface area contributed by atoms with E-state index >= 15 is 0 Å². The van der Waals surface area contributed by atoms with Gasteiger partial charge in [0.2, 0.25) is 5.60 Å². The van der Waals surface area contributed by atoms with Crippen LogP contribution in [0.4, 0.5) is 5.69 Å². The number of benzene rings is 2. The van der Waals surface area contributed by atoms with Crippen molar-refractivity contribution in [3.05, 3.63) is 88.6 Å². The molecule has 0 saturated heterocycles. The molecule has 1 aliphatic rings. The Morgan fingerprint density at radius 3 is 2.48 bits per heavy atom. The van der Waals surface area contributed by atoms with Crippen LogP contribution in [0.5, 0.6) is 0 Å². The molecule has 168 valence electrons. The molecule has 0 radical (unpaired) electrons. The van der Waals surface area contributed by atoms with E-state index in [1.54, 1.807) is 12.4 Å². The van der Waals surface area contributed by atoms with Gasteiger partial charge in [0, 0.05) is 65.9 Å². The fourth-order valence-electron chi connectivity index (χ4n) is 5.26. The number of aromatic nitrogens is 3. The van der Waals surface area contributed by atoms with E-state index in [9.17, 15) is 4.79 Å². The zero-order valence-electron chi connectivity index (χ0n) is 19.7. The van der Waals surface area contributed by atoms with Crippen molar-refractivity contribution >= 4 is 22.6 Å². The molecule has 0 amide bonds. The summed E-state index contributed by atoms with van der Waals surface area (Å²) in [5.74, 6) is -0.447. The smallest absolute Gasteiger partial charge is 0.360 e. The van der Waals surface area contributed by atoms with E-state index in [1.807, 2.05) is 19.2 Å². The van der Waals surface area contributed by atoms with E-state index in [1.165, 1.54) is 0 Å². The molecule has 0 aliphatic carbocycles. The molecule has 0 bridgehead atoms. The first-order chi connectivity index (χ1) is 15.9. The van der Waals surface area contributed by atoms with E-state index in [0.29, 0.717) is 5.69 Å². The maximum absolute atomic E-state index is 13.1. The van der Waals surface area contributed by atoms with Crippen LogP contribution in [-0.2, 0) is 17.4 Å². The molecule has 1 unspecified atom stereocenters. The molecule has 4 aromatic rings. The molecular weight excluding hydrogens is 412 g/mol. The fraction of sp³-hybridized carbons (Fsp3) is 0.296. The van der Waals surface area contributed by atoms with Crippen molar-refractivity contribution in [2.75, 3.05) is 18.0 Å². The third kappa shape index (κ3) is 2.90. The summed E-state index contributed by atoms with van der Waals surface area (Å²) in [6.07, 6.45) is 3.18. The predicted molar refractivity (Wildman–Crippen MR) is 130 cm³/mol. The Balaban J connectivity index is 1.87. The highest BCUT2D eigenvalue weighted by Gasteiger charge is 2.53. The summed E-state index contributed by atoms with van der Waals surface area (Å²) in [6.45, 7) is 10.3. The first-order valence-corrected chi connectivity index (χ1v) is 11.4. The number of fused-ring (bicyclic) bond motifs is 2. The van der Waals surface area contributed by atoms with Gasteiger partial charge in [-0.15, -0.1) is 0 Å². The Morgan fingerprint density at radius 1 is 1.03 bits per heavy atom. The van der Waals surface area contributed by atoms with Crippen molar-refractivity contribution in [3.63, 3.8) is 0 Å². The standard InChI is InChI=1S/C27H28N4O2/c1-6-31(7-2)19-12-13-21(17(3)16-19)27(25-24(26(32)33-27)28-14-15-29-25)23-18(4)30(5)22-11-9-8-10-20(22)23/h8-16H,6-7H2,1-5H3. The molecule has 2 aromatic heterocycles. The zero-order valence-corrected chi connectivity index (χ0v) is 19.7. The molecule has 2 aromatic carbocycles. The second-order valence-corrected chi connectivity index (χ2v) is 8.53. The molecule has 3 heterocycles. The quantitative estimate of drug-likeness (QED) is 0.414. The SMILES string of the molecule is CCN(CC)c1ccc(C2(c3c(C)n(C)c4ccccc34)OC(=O)c3nccnc32)c(C)c1. The van der Waals surface area contributed by atoms with Crippen LogP contribution in [-0.4, -0.2) is 33.6 Å². The van der Waals surface area contributed by atoms with E-state index in [2.05, 4.69) is 77.5 Å². The highest BCUT2D eigenvalue weighted by molar-refractivity contribution is 5.96. The molecule has 1 aliphatic heterocycles. The Labute approximate surface area is 193 Å². The van der Waals surface area contributed by atoms with Gasteiger partial charge in [0.05, 0.1) is 0 Å². The van der Waals surface area contributed by atoms with Crippen molar-refractivity contribution in [2.45, 2.75) is 33.3 Å². The van der Waals surface area contributed by atoms with Crippen molar-refractivity contribution in [1.29, 1.82) is 0 Å². The van der Waals surface area contributed by atoms with Crippen LogP contribution in [0.15, 0.2) is 54.9 Å². The number of nitrogens with zero attached hydrogens (tertiary/aromatic N) is 4. The summed E-state index contributed by atoms with van der Waals surface area (Å²) in [4.78, 5) is 24.5. The third-order valence-electron chi connectivity index (χ3n) is 6.94. The first-order valence-electron chi connectivity index (χ1n) is 11.4. The lowest BCUT2D eigenvalue weighted by Crippen LogP contribution is -2.32. The molecule has 0 fully saturated rings. The second-order valence-electron chi connectivity index (χ2n) is 8.53.